The molecule has 0 aromatic heterocycles. The first-order valence-electron chi connectivity index (χ1n) is 10.7. The summed E-state index contributed by atoms with van der Waals surface area (Å²) in [7, 11) is 0. The van der Waals surface area contributed by atoms with Gasteiger partial charge in [-0.2, -0.15) is 0 Å². The second kappa shape index (κ2) is 8.47. The molecule has 0 saturated carbocycles. The molecule has 3 aromatic carbocycles. The van der Waals surface area contributed by atoms with Crippen LogP contribution in [0, 0.1) is 0 Å². The Morgan fingerprint density at radius 1 is 0.968 bits per heavy atom. The van der Waals surface area contributed by atoms with Crippen LogP contribution in [0.2, 0.25) is 0 Å². The molecule has 160 valence electrons. The van der Waals surface area contributed by atoms with Gasteiger partial charge in [-0.1, -0.05) is 42.5 Å². The molecule has 0 spiro atoms. The predicted octanol–water partition coefficient (Wildman–Crippen LogP) is 3.68. The van der Waals surface area contributed by atoms with E-state index in [9.17, 15) is 4.79 Å². The van der Waals surface area contributed by atoms with Gasteiger partial charge in [0.15, 0.2) is 17.6 Å². The number of amides is 1. The highest BCUT2D eigenvalue weighted by Gasteiger charge is 2.26. The summed E-state index contributed by atoms with van der Waals surface area (Å²) in [6, 6.07) is 20.1. The lowest BCUT2D eigenvalue weighted by Crippen LogP contribution is -2.51. The topological polar surface area (TPSA) is 51.2 Å². The Hall–Kier alpha value is -3.25. The van der Waals surface area contributed by atoms with Crippen LogP contribution in [0.1, 0.15) is 12.5 Å². The fourth-order valence-electron chi connectivity index (χ4n) is 4.22. The summed E-state index contributed by atoms with van der Waals surface area (Å²) in [5, 5.41) is 2.13. The number of ether oxygens (including phenoxy) is 3. The monoisotopic (exact) mass is 418 g/mol. The minimum absolute atomic E-state index is 0.0377. The number of nitrogens with zero attached hydrogens (tertiary/aromatic N) is 2. The maximum atomic E-state index is 13.0. The zero-order valence-electron chi connectivity index (χ0n) is 17.6. The Bertz CT molecular complexity index is 1090. The van der Waals surface area contributed by atoms with E-state index >= 15 is 0 Å². The summed E-state index contributed by atoms with van der Waals surface area (Å²) >= 11 is 0. The van der Waals surface area contributed by atoms with Gasteiger partial charge in [0, 0.05) is 38.1 Å². The molecule has 3 aromatic rings. The van der Waals surface area contributed by atoms with Gasteiger partial charge in [0.25, 0.3) is 5.91 Å². The van der Waals surface area contributed by atoms with E-state index in [4.69, 9.17) is 14.2 Å². The molecule has 0 N–H and O–H groups in total. The van der Waals surface area contributed by atoms with Crippen LogP contribution in [-0.2, 0) is 11.3 Å². The maximum absolute atomic E-state index is 13.0. The average molecular weight is 418 g/mol. The molecular weight excluding hydrogens is 392 g/mol. The van der Waals surface area contributed by atoms with E-state index in [2.05, 4.69) is 11.0 Å². The van der Waals surface area contributed by atoms with E-state index in [1.807, 2.05) is 66.4 Å². The van der Waals surface area contributed by atoms with E-state index in [-0.39, 0.29) is 5.91 Å². The van der Waals surface area contributed by atoms with E-state index < -0.39 is 6.10 Å². The molecule has 1 amide bonds. The lowest BCUT2D eigenvalue weighted by Gasteiger charge is -2.36. The average Bonchev–Trinajstić information content (AvgIpc) is 3.27. The zero-order chi connectivity index (χ0) is 21.2. The third kappa shape index (κ3) is 4.16. The number of hydrogen-bond acceptors (Lipinski definition) is 5. The molecule has 6 nitrogen and oxygen atoms in total. The molecule has 1 fully saturated rings. The summed E-state index contributed by atoms with van der Waals surface area (Å²) in [5.41, 5.74) is 1.19. The molecule has 31 heavy (non-hydrogen) atoms. The zero-order valence-corrected chi connectivity index (χ0v) is 17.6. The van der Waals surface area contributed by atoms with Gasteiger partial charge in [-0.15, -0.1) is 0 Å². The Morgan fingerprint density at radius 2 is 1.74 bits per heavy atom. The molecule has 5 rings (SSSR count). The van der Waals surface area contributed by atoms with Crippen molar-refractivity contribution in [2.45, 2.75) is 19.6 Å². The van der Waals surface area contributed by atoms with Gasteiger partial charge in [0.05, 0.1) is 0 Å². The number of benzene rings is 3. The SMILES string of the molecule is CC(Oc1cccc2ccccc12)C(=O)N1CCN(Cc2ccc3c(c2)OCO3)CC1. The third-order valence-electron chi connectivity index (χ3n) is 5.93. The van der Waals surface area contributed by atoms with Crippen molar-refractivity contribution in [3.8, 4) is 17.2 Å². The standard InChI is InChI=1S/C25H26N2O4/c1-18(31-22-8-4-6-20-5-2-3-7-21(20)22)25(28)27-13-11-26(12-14-27)16-19-9-10-23-24(15-19)30-17-29-23/h2-10,15,18H,11-14,16-17H2,1H3. The number of piperazine rings is 1. The minimum Gasteiger partial charge on any atom is -0.480 e. The number of fused-ring (bicyclic) bond motifs is 2. The fourth-order valence-corrected chi connectivity index (χ4v) is 4.22. The lowest BCUT2D eigenvalue weighted by atomic mass is 10.1. The van der Waals surface area contributed by atoms with Gasteiger partial charge in [-0.3, -0.25) is 9.69 Å². The van der Waals surface area contributed by atoms with Crippen LogP contribution in [0.5, 0.6) is 17.2 Å². The predicted molar refractivity (Wildman–Crippen MR) is 118 cm³/mol. The second-order valence-corrected chi connectivity index (χ2v) is 8.03. The van der Waals surface area contributed by atoms with Gasteiger partial charge in [0.1, 0.15) is 5.75 Å². The first-order valence-corrected chi connectivity index (χ1v) is 10.7. The lowest BCUT2D eigenvalue weighted by molar-refractivity contribution is -0.139. The van der Waals surface area contributed by atoms with Crippen molar-refractivity contribution < 1.29 is 19.0 Å². The molecular formula is C25H26N2O4. The van der Waals surface area contributed by atoms with E-state index in [0.29, 0.717) is 19.9 Å². The van der Waals surface area contributed by atoms with Crippen LogP contribution in [0.3, 0.4) is 0 Å². The molecule has 0 aliphatic carbocycles. The van der Waals surface area contributed by atoms with Gasteiger partial charge >= 0.3 is 0 Å². The first-order chi connectivity index (χ1) is 15.2. The van der Waals surface area contributed by atoms with E-state index in [1.165, 1.54) is 5.56 Å². The molecule has 0 bridgehead atoms. The summed E-state index contributed by atoms with van der Waals surface area (Å²) in [6.45, 7) is 6.03. The number of carbonyl (C=O) groups is 1. The van der Waals surface area contributed by atoms with Crippen molar-refractivity contribution in [2.75, 3.05) is 33.0 Å². The second-order valence-electron chi connectivity index (χ2n) is 8.03. The summed E-state index contributed by atoms with van der Waals surface area (Å²) < 4.78 is 16.9. The van der Waals surface area contributed by atoms with Crippen molar-refractivity contribution in [3.63, 3.8) is 0 Å². The van der Waals surface area contributed by atoms with Gasteiger partial charge in [0.2, 0.25) is 6.79 Å². The largest absolute Gasteiger partial charge is 0.480 e. The Kier molecular flexibility index (Phi) is 5.38. The van der Waals surface area contributed by atoms with E-state index in [1.54, 1.807) is 0 Å². The normalized spacial score (nSPS) is 17.0. The van der Waals surface area contributed by atoms with Crippen LogP contribution in [0.15, 0.2) is 60.7 Å². The van der Waals surface area contributed by atoms with Gasteiger partial charge < -0.3 is 19.1 Å². The first kappa shape index (κ1) is 19.7. The fraction of sp³-hybridized carbons (Fsp3) is 0.320. The highest BCUT2D eigenvalue weighted by Crippen LogP contribution is 2.33. The summed E-state index contributed by atoms with van der Waals surface area (Å²) in [6.07, 6.45) is -0.522. The van der Waals surface area contributed by atoms with Crippen molar-refractivity contribution in [3.05, 3.63) is 66.2 Å². The molecule has 1 saturated heterocycles. The Morgan fingerprint density at radius 3 is 2.61 bits per heavy atom. The van der Waals surface area contributed by atoms with Gasteiger partial charge in [-0.05, 0) is 36.1 Å². The van der Waals surface area contributed by atoms with Crippen LogP contribution in [-0.4, -0.2) is 54.8 Å². The Labute approximate surface area is 181 Å². The smallest absolute Gasteiger partial charge is 0.263 e. The molecule has 0 radical (unpaired) electrons. The highest BCUT2D eigenvalue weighted by molar-refractivity contribution is 5.89. The molecule has 2 heterocycles. The maximum Gasteiger partial charge on any atom is 0.263 e. The van der Waals surface area contributed by atoms with Crippen LogP contribution in [0.25, 0.3) is 10.8 Å². The number of carbonyl (C=O) groups excluding carboxylic acids is 1. The third-order valence-corrected chi connectivity index (χ3v) is 5.93. The minimum atomic E-state index is -0.522. The van der Waals surface area contributed by atoms with Crippen molar-refractivity contribution >= 4 is 16.7 Å². The molecule has 6 heteroatoms. The van der Waals surface area contributed by atoms with E-state index in [0.717, 1.165) is 47.7 Å². The van der Waals surface area contributed by atoms with Crippen molar-refractivity contribution in [2.24, 2.45) is 0 Å². The Balaban J connectivity index is 1.17. The van der Waals surface area contributed by atoms with Crippen LogP contribution in [0.4, 0.5) is 0 Å². The van der Waals surface area contributed by atoms with Gasteiger partial charge in [-0.25, -0.2) is 0 Å². The van der Waals surface area contributed by atoms with Crippen LogP contribution < -0.4 is 14.2 Å². The number of hydrogen-bond donors (Lipinski definition) is 0. The van der Waals surface area contributed by atoms with Crippen molar-refractivity contribution in [1.29, 1.82) is 0 Å². The summed E-state index contributed by atoms with van der Waals surface area (Å²) in [4.78, 5) is 17.3. The quantitative estimate of drug-likeness (QED) is 0.633. The van der Waals surface area contributed by atoms with Crippen LogP contribution >= 0.6 is 0 Å². The molecule has 2 aliphatic heterocycles. The highest BCUT2D eigenvalue weighted by atomic mass is 16.7. The molecule has 2 aliphatic rings. The van der Waals surface area contributed by atoms with Crippen molar-refractivity contribution in [1.82, 2.24) is 9.80 Å². The number of rotatable bonds is 5. The molecule has 1 unspecified atom stereocenters. The molecule has 1 atom stereocenters. The summed E-state index contributed by atoms with van der Waals surface area (Å²) in [5.74, 6) is 2.40.